The molecule has 3 amide bonds. The maximum Gasteiger partial charge on any atom is 0.305 e. The van der Waals surface area contributed by atoms with Crippen LogP contribution in [0.2, 0.25) is 5.02 Å². The van der Waals surface area contributed by atoms with E-state index in [-0.39, 0.29) is 10.6 Å². The van der Waals surface area contributed by atoms with Gasteiger partial charge in [-0.05, 0) is 31.9 Å². The maximum atomic E-state index is 12.8. The van der Waals surface area contributed by atoms with Crippen LogP contribution in [0.4, 0.5) is 0 Å². The van der Waals surface area contributed by atoms with Crippen LogP contribution in [0, 0.1) is 0 Å². The molecule has 1 fully saturated rings. The lowest BCUT2D eigenvalue weighted by molar-refractivity contribution is -0.141. The molecule has 156 valence electrons. The Kier molecular flexibility index (Phi) is 7.72. The number of hydrogen-bond acceptors (Lipinski definition) is 5. The molecule has 0 radical (unpaired) electrons. The normalized spacial score (nSPS) is 17.9. The number of rotatable bonds is 8. The molecule has 1 aromatic rings. The average Bonchev–Trinajstić information content (AvgIpc) is 3.16. The van der Waals surface area contributed by atoms with Crippen molar-refractivity contribution in [3.8, 4) is 0 Å². The lowest BCUT2D eigenvalue weighted by Crippen LogP contribution is -2.54. The number of amides is 3. The predicted octanol–water partition coefficient (Wildman–Crippen LogP) is 0.608. The standard InChI is InChI=1S/C19H22ClN3O6/c1-11(21-17(27)13-5-2-3-6-14(13)20)19(29)23-8-4-7-15(23)18(28)22-12(10-24)9-16(25)26/h2-3,5-6,10-12,15H,4,7-9H2,1H3,(H,21,27)(H,22,28)(H,25,26)/t11-,12-,15-/m0/s1. The van der Waals surface area contributed by atoms with Gasteiger partial charge in [-0.1, -0.05) is 23.7 Å². The molecule has 0 bridgehead atoms. The SMILES string of the molecule is C[C@H](NC(=O)c1ccccc1Cl)C(=O)N1CCC[C@H]1C(=O)N[C@H](C=O)CC(=O)O. The topological polar surface area (TPSA) is 133 Å². The van der Waals surface area contributed by atoms with Crippen LogP contribution in [0.1, 0.15) is 36.5 Å². The molecule has 0 spiro atoms. The fraction of sp³-hybridized carbons (Fsp3) is 0.421. The summed E-state index contributed by atoms with van der Waals surface area (Å²) in [6.45, 7) is 1.82. The number of halogens is 1. The van der Waals surface area contributed by atoms with Crippen molar-refractivity contribution in [2.75, 3.05) is 6.54 Å². The van der Waals surface area contributed by atoms with Gasteiger partial charge in [0, 0.05) is 6.54 Å². The van der Waals surface area contributed by atoms with E-state index in [0.717, 1.165) is 0 Å². The first kappa shape index (κ1) is 22.4. The number of aldehydes is 1. The Morgan fingerprint density at radius 2 is 1.97 bits per heavy atom. The van der Waals surface area contributed by atoms with E-state index >= 15 is 0 Å². The average molecular weight is 424 g/mol. The molecule has 0 aromatic heterocycles. The van der Waals surface area contributed by atoms with Crippen LogP contribution < -0.4 is 10.6 Å². The highest BCUT2D eigenvalue weighted by molar-refractivity contribution is 6.33. The number of nitrogens with one attached hydrogen (secondary N) is 2. The minimum absolute atomic E-state index is 0.229. The Balaban J connectivity index is 2.02. The molecule has 1 aliphatic heterocycles. The second kappa shape index (κ2) is 10.0. The van der Waals surface area contributed by atoms with Crippen LogP contribution in [0.3, 0.4) is 0 Å². The summed E-state index contributed by atoms with van der Waals surface area (Å²) in [7, 11) is 0. The van der Waals surface area contributed by atoms with Crippen LogP contribution in [0.25, 0.3) is 0 Å². The number of nitrogens with zero attached hydrogens (tertiary/aromatic N) is 1. The molecular formula is C19H22ClN3O6. The van der Waals surface area contributed by atoms with Gasteiger partial charge in [0.15, 0.2) is 0 Å². The smallest absolute Gasteiger partial charge is 0.305 e. The molecule has 29 heavy (non-hydrogen) atoms. The third-order valence-corrected chi connectivity index (χ3v) is 4.89. The zero-order chi connectivity index (χ0) is 21.6. The quantitative estimate of drug-likeness (QED) is 0.524. The van der Waals surface area contributed by atoms with E-state index in [1.54, 1.807) is 18.2 Å². The minimum Gasteiger partial charge on any atom is -0.481 e. The van der Waals surface area contributed by atoms with Gasteiger partial charge in [0.1, 0.15) is 18.4 Å². The lowest BCUT2D eigenvalue weighted by Gasteiger charge is -2.27. The maximum absolute atomic E-state index is 12.8. The molecule has 1 heterocycles. The number of likely N-dealkylation sites (tertiary alicyclic amines) is 1. The fourth-order valence-electron chi connectivity index (χ4n) is 3.13. The van der Waals surface area contributed by atoms with Gasteiger partial charge in [-0.3, -0.25) is 19.2 Å². The molecular weight excluding hydrogens is 402 g/mol. The number of carboxylic acid groups (broad SMARTS) is 1. The first-order chi connectivity index (χ1) is 13.7. The van der Waals surface area contributed by atoms with Gasteiger partial charge in [0.25, 0.3) is 5.91 Å². The van der Waals surface area contributed by atoms with Gasteiger partial charge in [0.2, 0.25) is 11.8 Å². The fourth-order valence-corrected chi connectivity index (χ4v) is 3.36. The highest BCUT2D eigenvalue weighted by Gasteiger charge is 2.37. The van der Waals surface area contributed by atoms with Gasteiger partial charge in [0.05, 0.1) is 23.0 Å². The van der Waals surface area contributed by atoms with Crippen LogP contribution in [0.15, 0.2) is 24.3 Å². The van der Waals surface area contributed by atoms with Gasteiger partial charge in [-0.2, -0.15) is 0 Å². The van der Waals surface area contributed by atoms with Gasteiger partial charge < -0.3 is 25.4 Å². The van der Waals surface area contributed by atoms with Crippen LogP contribution in [0.5, 0.6) is 0 Å². The van der Waals surface area contributed by atoms with Crippen LogP contribution >= 0.6 is 11.6 Å². The van der Waals surface area contributed by atoms with Crippen molar-refractivity contribution < 1.29 is 29.1 Å². The molecule has 1 saturated heterocycles. The van der Waals surface area contributed by atoms with E-state index in [9.17, 15) is 24.0 Å². The third-order valence-electron chi connectivity index (χ3n) is 4.56. The Morgan fingerprint density at radius 3 is 2.59 bits per heavy atom. The molecule has 0 aliphatic carbocycles. The zero-order valence-electron chi connectivity index (χ0n) is 15.8. The lowest BCUT2D eigenvalue weighted by atomic mass is 10.1. The summed E-state index contributed by atoms with van der Waals surface area (Å²) in [5, 5.41) is 14.0. The second-order valence-corrected chi connectivity index (χ2v) is 7.12. The van der Waals surface area contributed by atoms with Crippen molar-refractivity contribution in [1.82, 2.24) is 15.5 Å². The molecule has 1 aliphatic rings. The van der Waals surface area contributed by atoms with E-state index in [1.165, 1.54) is 17.9 Å². The molecule has 3 atom stereocenters. The number of aliphatic carboxylic acids is 1. The minimum atomic E-state index is -1.22. The molecule has 10 heteroatoms. The third kappa shape index (κ3) is 5.77. The molecule has 2 rings (SSSR count). The monoisotopic (exact) mass is 423 g/mol. The Morgan fingerprint density at radius 1 is 1.28 bits per heavy atom. The van der Waals surface area contributed by atoms with Gasteiger partial charge >= 0.3 is 5.97 Å². The summed E-state index contributed by atoms with van der Waals surface area (Å²) in [5.41, 5.74) is 0.229. The molecule has 0 saturated carbocycles. The summed E-state index contributed by atoms with van der Waals surface area (Å²) < 4.78 is 0. The van der Waals surface area contributed by atoms with E-state index < -0.39 is 48.2 Å². The summed E-state index contributed by atoms with van der Waals surface area (Å²) in [6, 6.07) is 3.50. The van der Waals surface area contributed by atoms with Crippen molar-refractivity contribution in [2.45, 2.75) is 44.3 Å². The Labute approximate surface area is 172 Å². The van der Waals surface area contributed by atoms with Crippen molar-refractivity contribution >= 4 is 41.6 Å². The number of hydrogen-bond donors (Lipinski definition) is 3. The van der Waals surface area contributed by atoms with Crippen molar-refractivity contribution in [3.63, 3.8) is 0 Å². The van der Waals surface area contributed by atoms with E-state index in [1.807, 2.05) is 0 Å². The highest BCUT2D eigenvalue weighted by Crippen LogP contribution is 2.20. The summed E-state index contributed by atoms with van der Waals surface area (Å²) in [5.74, 6) is -2.79. The second-order valence-electron chi connectivity index (χ2n) is 6.71. The predicted molar refractivity (Wildman–Crippen MR) is 103 cm³/mol. The summed E-state index contributed by atoms with van der Waals surface area (Å²) in [4.78, 5) is 60.7. The van der Waals surface area contributed by atoms with Crippen molar-refractivity contribution in [2.24, 2.45) is 0 Å². The van der Waals surface area contributed by atoms with Crippen molar-refractivity contribution in [3.05, 3.63) is 34.9 Å². The largest absolute Gasteiger partial charge is 0.481 e. The number of benzene rings is 1. The van der Waals surface area contributed by atoms with Crippen molar-refractivity contribution in [1.29, 1.82) is 0 Å². The molecule has 9 nitrogen and oxygen atoms in total. The number of carbonyl (C=O) groups is 5. The first-order valence-corrected chi connectivity index (χ1v) is 9.45. The number of carboxylic acids is 1. The van der Waals surface area contributed by atoms with E-state index in [2.05, 4.69) is 10.6 Å². The molecule has 1 aromatic carbocycles. The van der Waals surface area contributed by atoms with E-state index in [4.69, 9.17) is 16.7 Å². The summed E-state index contributed by atoms with van der Waals surface area (Å²) >= 11 is 5.99. The zero-order valence-corrected chi connectivity index (χ0v) is 16.5. The Hall–Kier alpha value is -2.94. The Bertz CT molecular complexity index is 815. The number of carbonyl (C=O) groups excluding carboxylic acids is 4. The molecule has 0 unspecified atom stereocenters. The van der Waals surface area contributed by atoms with Crippen LogP contribution in [-0.2, 0) is 19.2 Å². The molecule has 3 N–H and O–H groups in total. The van der Waals surface area contributed by atoms with Gasteiger partial charge in [-0.15, -0.1) is 0 Å². The van der Waals surface area contributed by atoms with E-state index in [0.29, 0.717) is 25.7 Å². The summed E-state index contributed by atoms with van der Waals surface area (Å²) in [6.07, 6.45) is 0.751. The van der Waals surface area contributed by atoms with Crippen LogP contribution in [-0.4, -0.2) is 64.7 Å². The van der Waals surface area contributed by atoms with Gasteiger partial charge in [-0.25, -0.2) is 0 Å². The highest BCUT2D eigenvalue weighted by atomic mass is 35.5. The first-order valence-electron chi connectivity index (χ1n) is 9.08.